The number of hydrazine groups is 1. The van der Waals surface area contributed by atoms with Gasteiger partial charge in [-0.2, -0.15) is 0 Å². The van der Waals surface area contributed by atoms with E-state index in [1.165, 1.54) is 24.8 Å². The van der Waals surface area contributed by atoms with E-state index in [1.54, 1.807) is 0 Å². The third kappa shape index (κ3) is 3.72. The van der Waals surface area contributed by atoms with Crippen LogP contribution >= 0.6 is 27.5 Å². The SMILES string of the molecule is CC1CC(C)CC(C(NN)c2cc(Cl)ccc2Br)C1. The lowest BCUT2D eigenvalue weighted by molar-refractivity contribution is 0.176. The van der Waals surface area contributed by atoms with E-state index in [9.17, 15) is 0 Å². The van der Waals surface area contributed by atoms with Crippen LogP contribution in [0.5, 0.6) is 0 Å². The summed E-state index contributed by atoms with van der Waals surface area (Å²) in [5, 5.41) is 0.760. The summed E-state index contributed by atoms with van der Waals surface area (Å²) in [5.74, 6) is 7.93. The average molecular weight is 346 g/mol. The van der Waals surface area contributed by atoms with E-state index in [4.69, 9.17) is 17.4 Å². The summed E-state index contributed by atoms with van der Waals surface area (Å²) in [4.78, 5) is 0. The van der Waals surface area contributed by atoms with Crippen molar-refractivity contribution in [2.45, 2.75) is 39.2 Å². The molecule has 19 heavy (non-hydrogen) atoms. The Labute approximate surface area is 129 Å². The van der Waals surface area contributed by atoms with E-state index in [0.717, 1.165) is 21.3 Å². The first-order valence-corrected chi connectivity index (χ1v) is 8.09. The van der Waals surface area contributed by atoms with Gasteiger partial charge in [0.25, 0.3) is 0 Å². The molecule has 2 nitrogen and oxygen atoms in total. The Morgan fingerprint density at radius 3 is 2.47 bits per heavy atom. The Hall–Kier alpha value is -0.0900. The molecule has 1 aliphatic rings. The van der Waals surface area contributed by atoms with Crippen LogP contribution in [-0.4, -0.2) is 0 Å². The van der Waals surface area contributed by atoms with Crippen LogP contribution in [0.2, 0.25) is 5.02 Å². The number of nitrogens with one attached hydrogen (secondary N) is 1. The van der Waals surface area contributed by atoms with Crippen LogP contribution in [-0.2, 0) is 0 Å². The van der Waals surface area contributed by atoms with Crippen molar-refractivity contribution in [2.24, 2.45) is 23.6 Å². The summed E-state index contributed by atoms with van der Waals surface area (Å²) in [5.41, 5.74) is 4.18. The van der Waals surface area contributed by atoms with Gasteiger partial charge in [0, 0.05) is 15.5 Å². The molecular formula is C15H22BrClN2. The molecule has 3 N–H and O–H groups in total. The fourth-order valence-electron chi connectivity index (χ4n) is 3.51. The number of hydrogen-bond donors (Lipinski definition) is 2. The van der Waals surface area contributed by atoms with Gasteiger partial charge in [-0.1, -0.05) is 41.4 Å². The van der Waals surface area contributed by atoms with Crippen molar-refractivity contribution >= 4 is 27.5 Å². The van der Waals surface area contributed by atoms with Gasteiger partial charge in [-0.15, -0.1) is 0 Å². The van der Waals surface area contributed by atoms with Gasteiger partial charge in [-0.25, -0.2) is 0 Å². The van der Waals surface area contributed by atoms with Crippen molar-refractivity contribution in [1.82, 2.24) is 5.43 Å². The average Bonchev–Trinajstić information content (AvgIpc) is 2.33. The van der Waals surface area contributed by atoms with Gasteiger partial charge in [0.1, 0.15) is 0 Å². The van der Waals surface area contributed by atoms with Gasteiger partial charge in [0.15, 0.2) is 0 Å². The highest BCUT2D eigenvalue weighted by Crippen LogP contribution is 2.41. The number of rotatable bonds is 3. The Balaban J connectivity index is 2.26. The Morgan fingerprint density at radius 2 is 1.89 bits per heavy atom. The Morgan fingerprint density at radius 1 is 1.26 bits per heavy atom. The standard InChI is InChI=1S/C15H22BrClN2/c1-9-5-10(2)7-11(6-9)15(19-18)13-8-12(17)3-4-14(13)16/h3-4,8-11,15,19H,5-7,18H2,1-2H3. The molecule has 1 aliphatic carbocycles. The lowest BCUT2D eigenvalue weighted by Gasteiger charge is -2.36. The lowest BCUT2D eigenvalue weighted by atomic mass is 9.72. The highest BCUT2D eigenvalue weighted by atomic mass is 79.9. The molecule has 3 atom stereocenters. The predicted octanol–water partition coefficient (Wildman–Crippen LogP) is 4.68. The third-order valence-corrected chi connectivity index (χ3v) is 5.12. The van der Waals surface area contributed by atoms with E-state index >= 15 is 0 Å². The highest BCUT2D eigenvalue weighted by molar-refractivity contribution is 9.10. The number of hydrogen-bond acceptors (Lipinski definition) is 2. The zero-order chi connectivity index (χ0) is 14.0. The summed E-state index contributed by atoms with van der Waals surface area (Å²) >= 11 is 9.74. The maximum Gasteiger partial charge on any atom is 0.0500 e. The summed E-state index contributed by atoms with van der Waals surface area (Å²) in [6.07, 6.45) is 3.76. The molecule has 2 rings (SSSR count). The third-order valence-electron chi connectivity index (χ3n) is 4.16. The minimum absolute atomic E-state index is 0.165. The molecule has 1 aromatic carbocycles. The Kier molecular flexibility index (Phi) is 5.29. The molecule has 0 aromatic heterocycles. The van der Waals surface area contributed by atoms with E-state index in [2.05, 4.69) is 35.2 Å². The van der Waals surface area contributed by atoms with Gasteiger partial charge in [-0.3, -0.25) is 11.3 Å². The van der Waals surface area contributed by atoms with Crippen molar-refractivity contribution in [2.75, 3.05) is 0 Å². The monoisotopic (exact) mass is 344 g/mol. The quantitative estimate of drug-likeness (QED) is 0.616. The normalized spacial score (nSPS) is 29.2. The molecule has 1 aromatic rings. The lowest BCUT2D eigenvalue weighted by Crippen LogP contribution is -2.37. The molecule has 0 heterocycles. The van der Waals surface area contributed by atoms with Crippen LogP contribution in [0.3, 0.4) is 0 Å². The smallest absolute Gasteiger partial charge is 0.0500 e. The van der Waals surface area contributed by atoms with E-state index in [0.29, 0.717) is 5.92 Å². The van der Waals surface area contributed by atoms with E-state index < -0.39 is 0 Å². The molecule has 1 fully saturated rings. The van der Waals surface area contributed by atoms with Crippen LogP contribution < -0.4 is 11.3 Å². The van der Waals surface area contributed by atoms with Crippen LogP contribution in [0.25, 0.3) is 0 Å². The second-order valence-electron chi connectivity index (χ2n) is 5.99. The van der Waals surface area contributed by atoms with Gasteiger partial charge < -0.3 is 0 Å². The maximum atomic E-state index is 6.12. The van der Waals surface area contributed by atoms with Gasteiger partial charge in [-0.05, 0) is 60.8 Å². The fraction of sp³-hybridized carbons (Fsp3) is 0.600. The maximum absolute atomic E-state index is 6.12. The molecule has 0 amide bonds. The molecule has 0 saturated heterocycles. The van der Waals surface area contributed by atoms with Crippen LogP contribution in [0, 0.1) is 17.8 Å². The highest BCUT2D eigenvalue weighted by Gasteiger charge is 2.31. The fourth-order valence-corrected chi connectivity index (χ4v) is 4.19. The zero-order valence-electron chi connectivity index (χ0n) is 11.5. The van der Waals surface area contributed by atoms with Crippen LogP contribution in [0.15, 0.2) is 22.7 Å². The second kappa shape index (κ2) is 6.57. The van der Waals surface area contributed by atoms with Crippen LogP contribution in [0.1, 0.15) is 44.7 Å². The largest absolute Gasteiger partial charge is 0.271 e. The van der Waals surface area contributed by atoms with E-state index in [1.807, 2.05) is 18.2 Å². The molecule has 0 bridgehead atoms. The molecule has 0 aliphatic heterocycles. The first-order chi connectivity index (χ1) is 9.01. The van der Waals surface area contributed by atoms with Crippen molar-refractivity contribution in [3.63, 3.8) is 0 Å². The summed E-state index contributed by atoms with van der Waals surface area (Å²) in [6, 6.07) is 6.07. The first kappa shape index (κ1) is 15.3. The van der Waals surface area contributed by atoms with Crippen LogP contribution in [0.4, 0.5) is 0 Å². The number of benzene rings is 1. The molecule has 4 heteroatoms. The van der Waals surface area contributed by atoms with Crippen molar-refractivity contribution < 1.29 is 0 Å². The molecule has 1 saturated carbocycles. The van der Waals surface area contributed by atoms with Crippen molar-refractivity contribution in [3.05, 3.63) is 33.3 Å². The molecule has 0 radical (unpaired) electrons. The molecular weight excluding hydrogens is 324 g/mol. The van der Waals surface area contributed by atoms with Gasteiger partial charge in [0.2, 0.25) is 0 Å². The first-order valence-electron chi connectivity index (χ1n) is 6.92. The Bertz CT molecular complexity index is 428. The number of nitrogens with two attached hydrogens (primary N) is 1. The summed E-state index contributed by atoms with van der Waals surface area (Å²) < 4.78 is 1.07. The predicted molar refractivity (Wildman–Crippen MR) is 84.9 cm³/mol. The minimum Gasteiger partial charge on any atom is -0.271 e. The molecule has 3 unspecified atom stereocenters. The molecule has 0 spiro atoms. The number of halogens is 2. The van der Waals surface area contributed by atoms with Crippen molar-refractivity contribution in [3.8, 4) is 0 Å². The summed E-state index contributed by atoms with van der Waals surface area (Å²) in [7, 11) is 0. The van der Waals surface area contributed by atoms with E-state index in [-0.39, 0.29) is 6.04 Å². The van der Waals surface area contributed by atoms with Gasteiger partial charge in [0.05, 0.1) is 0 Å². The topological polar surface area (TPSA) is 38.0 Å². The minimum atomic E-state index is 0.165. The van der Waals surface area contributed by atoms with Crippen molar-refractivity contribution in [1.29, 1.82) is 0 Å². The molecule has 106 valence electrons. The second-order valence-corrected chi connectivity index (χ2v) is 7.28. The van der Waals surface area contributed by atoms with Gasteiger partial charge >= 0.3 is 0 Å². The zero-order valence-corrected chi connectivity index (χ0v) is 13.8. The summed E-state index contributed by atoms with van der Waals surface area (Å²) in [6.45, 7) is 4.67.